The Morgan fingerprint density at radius 2 is 1.85 bits per heavy atom. The van der Waals surface area contributed by atoms with Crippen molar-refractivity contribution in [1.82, 2.24) is 10.2 Å². The number of nitrogens with zero attached hydrogens (tertiary/aromatic N) is 1. The Kier molecular flexibility index (Phi) is 5.92. The lowest BCUT2D eigenvalue weighted by Crippen LogP contribution is -2.15. The minimum Gasteiger partial charge on any atom is -0.478 e. The zero-order valence-electron chi connectivity index (χ0n) is 19.1. The number of halogens is 1. The number of aliphatic carboxylic acids is 1. The van der Waals surface area contributed by atoms with Gasteiger partial charge in [-0.25, -0.2) is 4.79 Å². The lowest BCUT2D eigenvalue weighted by atomic mass is 9.74. The van der Waals surface area contributed by atoms with Crippen LogP contribution in [0.4, 0.5) is 4.39 Å². The number of nitrogens with one attached hydrogen (secondary N) is 1. The Hall–Kier alpha value is -3.51. The van der Waals surface area contributed by atoms with Crippen LogP contribution in [0.15, 0.2) is 54.6 Å². The van der Waals surface area contributed by atoms with E-state index in [2.05, 4.69) is 30.1 Å². The molecule has 0 atom stereocenters. The van der Waals surface area contributed by atoms with Crippen LogP contribution in [0.25, 0.3) is 28.1 Å². The first kappa shape index (κ1) is 22.3. The van der Waals surface area contributed by atoms with Crippen LogP contribution < -0.4 is 0 Å². The third-order valence-electron chi connectivity index (χ3n) is 6.49. The fourth-order valence-corrected chi connectivity index (χ4v) is 5.81. The maximum atomic E-state index is 14.4. The van der Waals surface area contributed by atoms with E-state index in [1.807, 2.05) is 53.8 Å². The predicted molar refractivity (Wildman–Crippen MR) is 136 cm³/mol. The van der Waals surface area contributed by atoms with E-state index in [0.29, 0.717) is 16.8 Å². The molecule has 4 aromatic rings. The van der Waals surface area contributed by atoms with E-state index < -0.39 is 11.9 Å². The van der Waals surface area contributed by atoms with Gasteiger partial charge in [0.1, 0.15) is 0 Å². The highest BCUT2D eigenvalue weighted by Gasteiger charge is 2.29. The molecule has 2 N–H and O–H groups in total. The molecule has 2 aromatic heterocycles. The van der Waals surface area contributed by atoms with Crippen LogP contribution >= 0.6 is 11.3 Å². The number of aryl methyl sites for hydroxylation is 2. The zero-order chi connectivity index (χ0) is 23.8. The van der Waals surface area contributed by atoms with Crippen LogP contribution in [0.5, 0.6) is 0 Å². The monoisotopic (exact) mass is 472 g/mol. The molecule has 4 nitrogen and oxygen atoms in total. The normalized spacial score (nSPS) is 15.0. The van der Waals surface area contributed by atoms with Crippen molar-refractivity contribution < 1.29 is 14.3 Å². The number of allylic oxidation sites excluding steroid dienone is 1. The van der Waals surface area contributed by atoms with E-state index in [1.54, 1.807) is 6.08 Å². The maximum Gasteiger partial charge on any atom is 0.328 e. The number of rotatable bonds is 6. The van der Waals surface area contributed by atoms with Gasteiger partial charge in [0.2, 0.25) is 5.95 Å². The lowest BCUT2D eigenvalue weighted by molar-refractivity contribution is -0.131. The number of fused-ring (bicyclic) bond motifs is 1. The molecule has 1 saturated carbocycles. The Balaban J connectivity index is 1.75. The van der Waals surface area contributed by atoms with Gasteiger partial charge in [0.05, 0.1) is 10.9 Å². The molecule has 0 unspecified atom stereocenters. The summed E-state index contributed by atoms with van der Waals surface area (Å²) in [4.78, 5) is 13.5. The highest BCUT2D eigenvalue weighted by molar-refractivity contribution is 7.13. The molecule has 2 heterocycles. The average Bonchev–Trinajstić information content (AvgIpc) is 3.32. The highest BCUT2D eigenvalue weighted by Crippen LogP contribution is 2.48. The smallest absolute Gasteiger partial charge is 0.328 e. The molecule has 34 heavy (non-hydrogen) atoms. The predicted octanol–water partition coefficient (Wildman–Crippen LogP) is 7.24. The molecule has 5 rings (SSSR count). The second kappa shape index (κ2) is 9.03. The Bertz CT molecular complexity index is 1440. The van der Waals surface area contributed by atoms with Crippen LogP contribution in [0, 0.1) is 25.7 Å². The summed E-state index contributed by atoms with van der Waals surface area (Å²) < 4.78 is 14.4. The fraction of sp³-hybridized carbons (Fsp3) is 0.214. The van der Waals surface area contributed by atoms with Crippen molar-refractivity contribution in [2.45, 2.75) is 33.1 Å². The third kappa shape index (κ3) is 4.21. The van der Waals surface area contributed by atoms with Crippen molar-refractivity contribution in [1.29, 1.82) is 0 Å². The number of benzene rings is 2. The first-order chi connectivity index (χ1) is 16.4. The van der Waals surface area contributed by atoms with Crippen molar-refractivity contribution in [3.8, 4) is 0 Å². The number of aromatic nitrogens is 2. The molecule has 0 amide bonds. The second-order valence-corrected chi connectivity index (χ2v) is 10.1. The largest absolute Gasteiger partial charge is 0.478 e. The number of hydrogen-bond donors (Lipinski definition) is 2. The van der Waals surface area contributed by atoms with Crippen LogP contribution in [0.3, 0.4) is 0 Å². The van der Waals surface area contributed by atoms with Crippen LogP contribution in [-0.2, 0) is 4.79 Å². The number of carbonyl (C=O) groups is 1. The van der Waals surface area contributed by atoms with Crippen molar-refractivity contribution in [2.24, 2.45) is 5.92 Å². The van der Waals surface area contributed by atoms with E-state index in [1.165, 1.54) is 27.3 Å². The molecule has 1 aliphatic rings. The van der Waals surface area contributed by atoms with Gasteiger partial charge in [-0.1, -0.05) is 36.8 Å². The molecule has 1 aliphatic carbocycles. The van der Waals surface area contributed by atoms with E-state index in [9.17, 15) is 9.18 Å². The van der Waals surface area contributed by atoms with E-state index in [4.69, 9.17) is 5.11 Å². The third-order valence-corrected chi connectivity index (χ3v) is 7.68. The van der Waals surface area contributed by atoms with Gasteiger partial charge in [0.25, 0.3) is 0 Å². The van der Waals surface area contributed by atoms with Crippen molar-refractivity contribution in [3.05, 3.63) is 92.6 Å². The van der Waals surface area contributed by atoms with Gasteiger partial charge in [0.15, 0.2) is 0 Å². The van der Waals surface area contributed by atoms with Gasteiger partial charge in [-0.2, -0.15) is 4.39 Å². The first-order valence-corrected chi connectivity index (χ1v) is 12.2. The van der Waals surface area contributed by atoms with Crippen molar-refractivity contribution >= 4 is 45.4 Å². The molecule has 172 valence electrons. The fourth-order valence-electron chi connectivity index (χ4n) is 4.65. The van der Waals surface area contributed by atoms with Gasteiger partial charge in [-0.05, 0) is 90.3 Å². The number of H-pyrrole nitrogens is 1. The quantitative estimate of drug-likeness (QED) is 0.291. The summed E-state index contributed by atoms with van der Waals surface area (Å²) in [5, 5.41) is 15.9. The SMILES string of the molecule is Cc1cc(C)c(/C(=C(\c2ccc(/C=C/C(=O)O)cc2)c2ccc3[nH]nc(F)c3c2)C2CCC2)s1. The Morgan fingerprint density at radius 3 is 2.47 bits per heavy atom. The first-order valence-electron chi connectivity index (χ1n) is 11.4. The van der Waals surface area contributed by atoms with Crippen molar-refractivity contribution in [2.75, 3.05) is 0 Å². The second-order valence-electron chi connectivity index (χ2n) is 8.85. The molecule has 6 heteroatoms. The molecule has 0 radical (unpaired) electrons. The summed E-state index contributed by atoms with van der Waals surface area (Å²) in [6.07, 6.45) is 6.20. The number of hydrogen-bond acceptors (Lipinski definition) is 3. The topological polar surface area (TPSA) is 66.0 Å². The zero-order valence-corrected chi connectivity index (χ0v) is 19.9. The molecule has 0 aliphatic heterocycles. The van der Waals surface area contributed by atoms with Crippen LogP contribution in [0.2, 0.25) is 0 Å². The van der Waals surface area contributed by atoms with Gasteiger partial charge < -0.3 is 5.11 Å². The van der Waals surface area contributed by atoms with E-state index >= 15 is 0 Å². The standard InChI is InChI=1S/C28H25FN2O2S/c1-16-14-17(2)34-27(16)26(19-4-3-5-19)25(20-9-6-18(7-10-20)8-13-24(32)33)21-11-12-23-22(15-21)28(29)31-30-23/h6-15,19H,3-5H2,1-2H3,(H,30,31)(H,32,33)/b13-8+,26-25+. The van der Waals surface area contributed by atoms with Crippen molar-refractivity contribution in [3.63, 3.8) is 0 Å². The summed E-state index contributed by atoms with van der Waals surface area (Å²) in [5.74, 6) is -1.03. The van der Waals surface area contributed by atoms with Gasteiger partial charge in [-0.15, -0.1) is 16.4 Å². The van der Waals surface area contributed by atoms with E-state index in [-0.39, 0.29) is 0 Å². The van der Waals surface area contributed by atoms with E-state index in [0.717, 1.165) is 41.2 Å². The summed E-state index contributed by atoms with van der Waals surface area (Å²) in [6.45, 7) is 4.30. The summed E-state index contributed by atoms with van der Waals surface area (Å²) in [7, 11) is 0. The Labute approximate surface area is 201 Å². The van der Waals surface area contributed by atoms with Gasteiger partial charge in [0, 0.05) is 15.8 Å². The highest BCUT2D eigenvalue weighted by atomic mass is 32.1. The summed E-state index contributed by atoms with van der Waals surface area (Å²) in [5.41, 5.74) is 7.15. The van der Waals surface area contributed by atoms with Gasteiger partial charge in [-0.3, -0.25) is 5.10 Å². The number of carboxylic acids is 1. The molecule has 0 bridgehead atoms. The average molecular weight is 473 g/mol. The minimum atomic E-state index is -0.976. The lowest BCUT2D eigenvalue weighted by Gasteiger charge is -2.31. The maximum absolute atomic E-state index is 14.4. The summed E-state index contributed by atoms with van der Waals surface area (Å²) >= 11 is 1.81. The Morgan fingerprint density at radius 1 is 1.12 bits per heavy atom. The number of carboxylic acid groups (broad SMARTS) is 1. The molecule has 2 aromatic carbocycles. The molecular weight excluding hydrogens is 447 g/mol. The number of thiophene rings is 1. The number of aromatic amines is 1. The molecule has 0 saturated heterocycles. The van der Waals surface area contributed by atoms with Gasteiger partial charge >= 0.3 is 5.97 Å². The molecule has 0 spiro atoms. The molecule has 1 fully saturated rings. The van der Waals surface area contributed by atoms with Crippen LogP contribution in [0.1, 0.15) is 51.3 Å². The molecular formula is C28H25FN2O2S. The summed E-state index contributed by atoms with van der Waals surface area (Å²) in [6, 6.07) is 15.9. The van der Waals surface area contributed by atoms with Crippen LogP contribution in [-0.4, -0.2) is 21.3 Å². The minimum absolute atomic E-state index is 0.447.